The standard InChI is InChI=1S/C8H17NO3S/c1-3-9-7(8(10)11)6-13-5-4-12-2/h7,9H,3-6H2,1-2H3,(H,10,11). The number of carbonyl (C=O) groups is 1. The first kappa shape index (κ1) is 12.7. The Morgan fingerprint density at radius 1 is 1.69 bits per heavy atom. The molecule has 0 aliphatic carbocycles. The summed E-state index contributed by atoms with van der Waals surface area (Å²) >= 11 is 1.59. The summed E-state index contributed by atoms with van der Waals surface area (Å²) in [5, 5.41) is 11.7. The van der Waals surface area contributed by atoms with Crippen molar-refractivity contribution in [2.75, 3.05) is 31.8 Å². The third-order valence-corrected chi connectivity index (χ3v) is 2.49. The zero-order valence-corrected chi connectivity index (χ0v) is 8.89. The number of likely N-dealkylation sites (N-methyl/N-ethyl adjacent to an activating group) is 1. The summed E-state index contributed by atoms with van der Waals surface area (Å²) in [6, 6.07) is -0.438. The maximum Gasteiger partial charge on any atom is 0.321 e. The zero-order valence-electron chi connectivity index (χ0n) is 8.08. The molecule has 0 aromatic rings. The van der Waals surface area contributed by atoms with Gasteiger partial charge in [-0.3, -0.25) is 4.79 Å². The van der Waals surface area contributed by atoms with Gasteiger partial charge in [-0.25, -0.2) is 0 Å². The van der Waals surface area contributed by atoms with Crippen molar-refractivity contribution < 1.29 is 14.6 Å². The molecule has 0 amide bonds. The maximum atomic E-state index is 10.6. The van der Waals surface area contributed by atoms with E-state index in [-0.39, 0.29) is 0 Å². The lowest BCUT2D eigenvalue weighted by Crippen LogP contribution is -2.38. The van der Waals surface area contributed by atoms with Crippen molar-refractivity contribution in [1.82, 2.24) is 5.32 Å². The van der Waals surface area contributed by atoms with Gasteiger partial charge in [0.15, 0.2) is 0 Å². The van der Waals surface area contributed by atoms with Crippen LogP contribution < -0.4 is 5.32 Å². The fourth-order valence-corrected chi connectivity index (χ4v) is 1.75. The molecular weight excluding hydrogens is 190 g/mol. The number of hydrogen-bond donors (Lipinski definition) is 2. The molecule has 0 bridgehead atoms. The number of thioether (sulfide) groups is 1. The quantitative estimate of drug-likeness (QED) is 0.565. The largest absolute Gasteiger partial charge is 0.480 e. The second kappa shape index (κ2) is 8.34. The second-order valence-electron chi connectivity index (χ2n) is 2.52. The number of rotatable bonds is 8. The van der Waals surface area contributed by atoms with Crippen molar-refractivity contribution in [1.29, 1.82) is 0 Å². The number of hydrogen-bond acceptors (Lipinski definition) is 4. The molecule has 0 saturated heterocycles. The molecule has 0 aliphatic heterocycles. The van der Waals surface area contributed by atoms with Gasteiger partial charge in [0.05, 0.1) is 6.61 Å². The van der Waals surface area contributed by atoms with Gasteiger partial charge in [0.2, 0.25) is 0 Å². The second-order valence-corrected chi connectivity index (χ2v) is 3.67. The first-order valence-electron chi connectivity index (χ1n) is 4.25. The lowest BCUT2D eigenvalue weighted by atomic mass is 10.3. The third-order valence-electron chi connectivity index (χ3n) is 1.46. The van der Waals surface area contributed by atoms with Crippen molar-refractivity contribution in [2.24, 2.45) is 0 Å². The van der Waals surface area contributed by atoms with E-state index < -0.39 is 12.0 Å². The van der Waals surface area contributed by atoms with Crippen LogP contribution in [0.15, 0.2) is 0 Å². The normalized spacial score (nSPS) is 12.8. The predicted molar refractivity (Wildman–Crippen MR) is 54.3 cm³/mol. The van der Waals surface area contributed by atoms with Crippen LogP contribution in [0.3, 0.4) is 0 Å². The Morgan fingerprint density at radius 3 is 2.85 bits per heavy atom. The van der Waals surface area contributed by atoms with E-state index in [1.54, 1.807) is 18.9 Å². The van der Waals surface area contributed by atoms with E-state index >= 15 is 0 Å². The first-order chi connectivity index (χ1) is 6.22. The summed E-state index contributed by atoms with van der Waals surface area (Å²) in [7, 11) is 1.64. The minimum absolute atomic E-state index is 0.438. The van der Waals surface area contributed by atoms with E-state index in [0.29, 0.717) is 18.9 Å². The van der Waals surface area contributed by atoms with Gasteiger partial charge in [-0.2, -0.15) is 11.8 Å². The molecule has 0 aromatic carbocycles. The molecule has 2 N–H and O–H groups in total. The van der Waals surface area contributed by atoms with Crippen LogP contribution in [-0.4, -0.2) is 48.9 Å². The summed E-state index contributed by atoms with van der Waals surface area (Å²) in [4.78, 5) is 10.6. The summed E-state index contributed by atoms with van der Waals surface area (Å²) in [6.45, 7) is 3.25. The minimum Gasteiger partial charge on any atom is -0.480 e. The number of carboxylic acids is 1. The highest BCUT2D eigenvalue weighted by Gasteiger charge is 2.14. The Balaban J connectivity index is 3.51. The Labute approximate surface area is 83.0 Å². The van der Waals surface area contributed by atoms with Crippen molar-refractivity contribution in [3.8, 4) is 0 Å². The van der Waals surface area contributed by atoms with Crippen LogP contribution >= 0.6 is 11.8 Å². The molecule has 0 fully saturated rings. The van der Waals surface area contributed by atoms with Crippen LogP contribution in [0.1, 0.15) is 6.92 Å². The minimum atomic E-state index is -0.785. The van der Waals surface area contributed by atoms with Crippen LogP contribution in [-0.2, 0) is 9.53 Å². The van der Waals surface area contributed by atoms with Crippen LogP contribution in [0.4, 0.5) is 0 Å². The van der Waals surface area contributed by atoms with E-state index in [1.165, 1.54) is 0 Å². The molecule has 0 rings (SSSR count). The maximum absolute atomic E-state index is 10.6. The average molecular weight is 207 g/mol. The van der Waals surface area contributed by atoms with Crippen LogP contribution in [0.5, 0.6) is 0 Å². The fourth-order valence-electron chi connectivity index (χ4n) is 0.807. The molecular formula is C8H17NO3S. The monoisotopic (exact) mass is 207 g/mol. The summed E-state index contributed by atoms with van der Waals surface area (Å²) in [5.74, 6) is 0.643. The first-order valence-corrected chi connectivity index (χ1v) is 5.40. The van der Waals surface area contributed by atoms with Crippen molar-refractivity contribution in [3.63, 3.8) is 0 Å². The number of carboxylic acid groups (broad SMARTS) is 1. The summed E-state index contributed by atoms with van der Waals surface area (Å²) < 4.78 is 4.86. The Kier molecular flexibility index (Phi) is 8.18. The number of methoxy groups -OCH3 is 1. The van der Waals surface area contributed by atoms with E-state index in [0.717, 1.165) is 5.75 Å². The molecule has 0 aromatic heterocycles. The lowest BCUT2D eigenvalue weighted by molar-refractivity contribution is -0.138. The Bertz CT molecular complexity index is 143. The predicted octanol–water partition coefficient (Wildman–Crippen LogP) is 0.429. The van der Waals surface area contributed by atoms with E-state index in [4.69, 9.17) is 9.84 Å². The van der Waals surface area contributed by atoms with Crippen LogP contribution in [0, 0.1) is 0 Å². The number of aliphatic carboxylic acids is 1. The van der Waals surface area contributed by atoms with E-state index in [2.05, 4.69) is 5.32 Å². The van der Waals surface area contributed by atoms with Gasteiger partial charge in [-0.15, -0.1) is 0 Å². The van der Waals surface area contributed by atoms with Gasteiger partial charge in [-0.1, -0.05) is 6.92 Å². The van der Waals surface area contributed by atoms with Crippen LogP contribution in [0.25, 0.3) is 0 Å². The van der Waals surface area contributed by atoms with Gasteiger partial charge in [-0.05, 0) is 6.54 Å². The molecule has 0 aliphatic rings. The molecule has 0 radical (unpaired) electrons. The highest BCUT2D eigenvalue weighted by molar-refractivity contribution is 7.99. The highest BCUT2D eigenvalue weighted by atomic mass is 32.2. The van der Waals surface area contributed by atoms with Crippen molar-refractivity contribution >= 4 is 17.7 Å². The molecule has 0 saturated carbocycles. The third kappa shape index (κ3) is 6.86. The van der Waals surface area contributed by atoms with Gasteiger partial charge in [0.25, 0.3) is 0 Å². The molecule has 0 spiro atoms. The van der Waals surface area contributed by atoms with Crippen molar-refractivity contribution in [2.45, 2.75) is 13.0 Å². The number of ether oxygens (including phenoxy) is 1. The topological polar surface area (TPSA) is 58.6 Å². The molecule has 13 heavy (non-hydrogen) atoms. The smallest absolute Gasteiger partial charge is 0.321 e. The Morgan fingerprint density at radius 2 is 2.38 bits per heavy atom. The van der Waals surface area contributed by atoms with E-state index in [9.17, 15) is 4.79 Å². The average Bonchev–Trinajstić information content (AvgIpc) is 2.10. The molecule has 5 heteroatoms. The molecule has 1 atom stereocenters. The van der Waals surface area contributed by atoms with Crippen molar-refractivity contribution in [3.05, 3.63) is 0 Å². The van der Waals surface area contributed by atoms with Gasteiger partial charge in [0.1, 0.15) is 6.04 Å². The Hall–Kier alpha value is -0.260. The van der Waals surface area contributed by atoms with Crippen LogP contribution in [0.2, 0.25) is 0 Å². The molecule has 4 nitrogen and oxygen atoms in total. The molecule has 78 valence electrons. The molecule has 0 heterocycles. The fraction of sp³-hybridized carbons (Fsp3) is 0.875. The van der Waals surface area contributed by atoms with Gasteiger partial charge in [0, 0.05) is 18.6 Å². The van der Waals surface area contributed by atoms with Gasteiger partial charge >= 0.3 is 5.97 Å². The van der Waals surface area contributed by atoms with E-state index in [1.807, 2.05) is 6.92 Å². The lowest BCUT2D eigenvalue weighted by Gasteiger charge is -2.11. The highest BCUT2D eigenvalue weighted by Crippen LogP contribution is 2.02. The number of nitrogens with one attached hydrogen (secondary N) is 1. The SMILES string of the molecule is CCNC(CSCCOC)C(=O)O. The molecule has 1 unspecified atom stereocenters. The zero-order chi connectivity index (χ0) is 10.1. The summed E-state index contributed by atoms with van der Waals surface area (Å²) in [6.07, 6.45) is 0. The van der Waals surface area contributed by atoms with Gasteiger partial charge < -0.3 is 15.2 Å². The summed E-state index contributed by atoms with van der Waals surface area (Å²) in [5.41, 5.74) is 0.